The number of rotatable bonds is 6. The lowest BCUT2D eigenvalue weighted by molar-refractivity contribution is -0.111. The molecular formula is C25H26N8O. The number of aromatic nitrogens is 4. The molecule has 34 heavy (non-hydrogen) atoms. The van der Waals surface area contributed by atoms with E-state index in [9.17, 15) is 4.79 Å². The average Bonchev–Trinajstić information content (AvgIpc) is 3.32. The summed E-state index contributed by atoms with van der Waals surface area (Å²) in [6.45, 7) is 7.68. The van der Waals surface area contributed by atoms with E-state index < -0.39 is 0 Å². The van der Waals surface area contributed by atoms with Crippen molar-refractivity contribution in [2.75, 3.05) is 48.8 Å². The molecule has 3 N–H and O–H groups in total. The summed E-state index contributed by atoms with van der Waals surface area (Å²) in [7, 11) is 2.16. The Balaban J connectivity index is 1.37. The van der Waals surface area contributed by atoms with Crippen LogP contribution in [0.1, 0.15) is 0 Å². The van der Waals surface area contributed by atoms with Gasteiger partial charge < -0.3 is 20.4 Å². The Morgan fingerprint density at radius 3 is 2.68 bits per heavy atom. The molecule has 4 aromatic rings. The van der Waals surface area contributed by atoms with E-state index >= 15 is 0 Å². The molecule has 172 valence electrons. The van der Waals surface area contributed by atoms with E-state index in [0.717, 1.165) is 48.3 Å². The first-order valence-electron chi connectivity index (χ1n) is 11.1. The van der Waals surface area contributed by atoms with Gasteiger partial charge in [0.05, 0.1) is 11.2 Å². The van der Waals surface area contributed by atoms with Gasteiger partial charge in [-0.2, -0.15) is 5.10 Å². The number of likely N-dealkylation sites (N-methyl/N-ethyl adjacent to an activating group) is 1. The van der Waals surface area contributed by atoms with Gasteiger partial charge in [-0.15, -0.1) is 0 Å². The Morgan fingerprint density at radius 2 is 1.91 bits per heavy atom. The van der Waals surface area contributed by atoms with Crippen molar-refractivity contribution in [2.45, 2.75) is 0 Å². The summed E-state index contributed by atoms with van der Waals surface area (Å²) in [4.78, 5) is 25.6. The molecule has 0 atom stereocenters. The Hall–Kier alpha value is -4.24. The highest BCUT2D eigenvalue weighted by Crippen LogP contribution is 2.28. The molecular weight excluding hydrogens is 428 g/mol. The number of H-pyrrole nitrogens is 1. The normalized spacial score (nSPS) is 14.2. The number of carbonyl (C=O) groups excluding carboxylic acids is 1. The predicted molar refractivity (Wildman–Crippen MR) is 135 cm³/mol. The van der Waals surface area contributed by atoms with E-state index in [4.69, 9.17) is 4.98 Å². The van der Waals surface area contributed by atoms with Gasteiger partial charge in [-0.05, 0) is 37.4 Å². The number of nitrogens with one attached hydrogen (secondary N) is 3. The third kappa shape index (κ3) is 4.60. The second-order valence-corrected chi connectivity index (χ2v) is 8.26. The molecule has 1 amide bonds. The third-order valence-electron chi connectivity index (χ3n) is 5.90. The Labute approximate surface area is 197 Å². The SMILES string of the molecule is C=CC(=O)Nc1cc(-c2cccc3cnc(Nc4ccc(N5CCN(C)CC5)cc4)nc23)n[nH]1. The summed E-state index contributed by atoms with van der Waals surface area (Å²) < 4.78 is 0. The number of amides is 1. The van der Waals surface area contributed by atoms with Crippen LogP contribution in [0, 0.1) is 0 Å². The van der Waals surface area contributed by atoms with Crippen LogP contribution in [0.4, 0.5) is 23.1 Å². The zero-order chi connectivity index (χ0) is 23.5. The van der Waals surface area contributed by atoms with E-state index in [-0.39, 0.29) is 5.91 Å². The highest BCUT2D eigenvalue weighted by atomic mass is 16.1. The molecule has 0 saturated carbocycles. The topological polar surface area (TPSA) is 102 Å². The van der Waals surface area contributed by atoms with Crippen LogP contribution in [0.2, 0.25) is 0 Å². The number of aromatic amines is 1. The van der Waals surface area contributed by atoms with Gasteiger partial charge in [0.25, 0.3) is 0 Å². The minimum atomic E-state index is -0.305. The monoisotopic (exact) mass is 454 g/mol. The summed E-state index contributed by atoms with van der Waals surface area (Å²) in [6.07, 6.45) is 3.00. The van der Waals surface area contributed by atoms with Gasteiger partial charge in [0.15, 0.2) is 0 Å². The minimum absolute atomic E-state index is 0.305. The summed E-state index contributed by atoms with van der Waals surface area (Å²) in [6, 6.07) is 16.0. The third-order valence-corrected chi connectivity index (χ3v) is 5.90. The second-order valence-electron chi connectivity index (χ2n) is 8.26. The van der Waals surface area contributed by atoms with Crippen LogP contribution >= 0.6 is 0 Å². The Bertz CT molecular complexity index is 1320. The van der Waals surface area contributed by atoms with E-state index in [1.54, 1.807) is 12.3 Å². The van der Waals surface area contributed by atoms with E-state index in [0.29, 0.717) is 17.5 Å². The summed E-state index contributed by atoms with van der Waals surface area (Å²) in [5.74, 6) is 0.688. The van der Waals surface area contributed by atoms with Crippen molar-refractivity contribution in [3.8, 4) is 11.3 Å². The minimum Gasteiger partial charge on any atom is -0.369 e. The van der Waals surface area contributed by atoms with Crippen LogP contribution in [0.3, 0.4) is 0 Å². The van der Waals surface area contributed by atoms with Crippen LogP contribution in [-0.2, 0) is 4.79 Å². The molecule has 1 aliphatic rings. The maximum Gasteiger partial charge on any atom is 0.248 e. The van der Waals surface area contributed by atoms with E-state index in [2.05, 4.69) is 73.5 Å². The van der Waals surface area contributed by atoms with Gasteiger partial charge in [-0.3, -0.25) is 9.89 Å². The van der Waals surface area contributed by atoms with Crippen molar-refractivity contribution in [3.05, 3.63) is 67.4 Å². The zero-order valence-electron chi connectivity index (χ0n) is 19.0. The van der Waals surface area contributed by atoms with Crippen molar-refractivity contribution in [1.29, 1.82) is 0 Å². The number of hydrogen-bond acceptors (Lipinski definition) is 7. The van der Waals surface area contributed by atoms with E-state index in [1.165, 1.54) is 11.8 Å². The Morgan fingerprint density at radius 1 is 1.12 bits per heavy atom. The standard InChI is InChI=1S/C25H26N8O/c1-3-23(34)28-22-15-21(30-31-22)20-6-4-5-17-16-26-25(29-24(17)20)27-18-7-9-19(10-8-18)33-13-11-32(2)12-14-33/h3-10,15-16H,1,11-14H2,2H3,(H,26,27,29)(H2,28,30,31,34). The number of fused-ring (bicyclic) bond motifs is 1. The molecule has 0 spiro atoms. The van der Waals surface area contributed by atoms with Crippen molar-refractivity contribution in [3.63, 3.8) is 0 Å². The molecule has 1 aliphatic heterocycles. The molecule has 2 aromatic carbocycles. The van der Waals surface area contributed by atoms with Crippen molar-refractivity contribution >= 4 is 40.0 Å². The first-order chi connectivity index (χ1) is 16.6. The summed E-state index contributed by atoms with van der Waals surface area (Å²) in [5.41, 5.74) is 4.42. The van der Waals surface area contributed by atoms with E-state index in [1.807, 2.05) is 18.2 Å². The van der Waals surface area contributed by atoms with Crippen LogP contribution in [0.15, 0.2) is 67.4 Å². The lowest BCUT2D eigenvalue weighted by atomic mass is 10.1. The number of carbonyl (C=O) groups is 1. The highest BCUT2D eigenvalue weighted by Gasteiger charge is 2.15. The largest absolute Gasteiger partial charge is 0.369 e. The van der Waals surface area contributed by atoms with Crippen LogP contribution in [0.25, 0.3) is 22.2 Å². The van der Waals surface area contributed by atoms with Crippen LogP contribution in [-0.4, -0.2) is 64.2 Å². The van der Waals surface area contributed by atoms with Gasteiger partial charge in [0, 0.05) is 60.8 Å². The molecule has 2 aromatic heterocycles. The first kappa shape index (κ1) is 21.6. The van der Waals surface area contributed by atoms with Gasteiger partial charge in [0.2, 0.25) is 11.9 Å². The number of hydrogen-bond donors (Lipinski definition) is 3. The lowest BCUT2D eigenvalue weighted by Crippen LogP contribution is -2.44. The molecule has 0 bridgehead atoms. The quantitative estimate of drug-likeness (QED) is 0.382. The zero-order valence-corrected chi connectivity index (χ0v) is 19.0. The molecule has 9 nitrogen and oxygen atoms in total. The van der Waals surface area contributed by atoms with Gasteiger partial charge in [-0.25, -0.2) is 9.97 Å². The maximum atomic E-state index is 11.6. The molecule has 0 unspecified atom stereocenters. The van der Waals surface area contributed by atoms with Crippen LogP contribution in [0.5, 0.6) is 0 Å². The average molecular weight is 455 g/mol. The fourth-order valence-electron chi connectivity index (χ4n) is 3.98. The van der Waals surface area contributed by atoms with Crippen LogP contribution < -0.4 is 15.5 Å². The summed E-state index contributed by atoms with van der Waals surface area (Å²) >= 11 is 0. The number of anilines is 4. The smallest absolute Gasteiger partial charge is 0.248 e. The first-order valence-corrected chi connectivity index (χ1v) is 11.1. The second kappa shape index (κ2) is 9.32. The molecule has 5 rings (SSSR count). The van der Waals surface area contributed by atoms with Crippen molar-refractivity contribution in [2.24, 2.45) is 0 Å². The van der Waals surface area contributed by atoms with Gasteiger partial charge >= 0.3 is 0 Å². The number of nitrogens with zero attached hydrogens (tertiary/aromatic N) is 5. The van der Waals surface area contributed by atoms with Gasteiger partial charge in [0.1, 0.15) is 5.82 Å². The number of piperazine rings is 1. The van der Waals surface area contributed by atoms with Crippen molar-refractivity contribution < 1.29 is 4.79 Å². The molecule has 0 aliphatic carbocycles. The molecule has 3 heterocycles. The van der Waals surface area contributed by atoms with Gasteiger partial charge in [-0.1, -0.05) is 24.8 Å². The molecule has 0 radical (unpaired) electrons. The van der Waals surface area contributed by atoms with Crippen molar-refractivity contribution in [1.82, 2.24) is 25.1 Å². The number of para-hydroxylation sites is 1. The lowest BCUT2D eigenvalue weighted by Gasteiger charge is -2.34. The molecule has 9 heteroatoms. The maximum absolute atomic E-state index is 11.6. The highest BCUT2D eigenvalue weighted by molar-refractivity contribution is 5.99. The fourth-order valence-corrected chi connectivity index (χ4v) is 3.98. The fraction of sp³-hybridized carbons (Fsp3) is 0.200. The summed E-state index contributed by atoms with van der Waals surface area (Å²) in [5, 5.41) is 14.0. The molecule has 1 saturated heterocycles. The Kier molecular flexibility index (Phi) is 5.92. The number of benzene rings is 2. The molecule has 1 fully saturated rings. The predicted octanol–water partition coefficient (Wildman–Crippen LogP) is 3.64.